The first-order chi connectivity index (χ1) is 9.63. The Morgan fingerprint density at radius 2 is 2.10 bits per heavy atom. The molecule has 118 valence electrons. The number of carbonyl (C=O) groups excluding carboxylic acids is 1. The van der Waals surface area contributed by atoms with Gasteiger partial charge in [0.15, 0.2) is 0 Å². The first kappa shape index (κ1) is 18.2. The van der Waals surface area contributed by atoms with E-state index in [1.54, 1.807) is 24.3 Å². The molecule has 21 heavy (non-hydrogen) atoms. The number of thioether (sulfide) groups is 1. The van der Waals surface area contributed by atoms with Gasteiger partial charge in [0.2, 0.25) is 5.91 Å². The van der Waals surface area contributed by atoms with Crippen molar-refractivity contribution in [2.24, 2.45) is 5.92 Å². The van der Waals surface area contributed by atoms with Crippen molar-refractivity contribution < 1.29 is 13.6 Å². The van der Waals surface area contributed by atoms with Crippen LogP contribution in [0.4, 0.5) is 14.5 Å². The van der Waals surface area contributed by atoms with Crippen LogP contribution in [0, 0.1) is 5.92 Å². The van der Waals surface area contributed by atoms with E-state index in [0.717, 1.165) is 25.9 Å². The second-order valence-electron chi connectivity index (χ2n) is 4.85. The minimum atomic E-state index is -2.42. The van der Waals surface area contributed by atoms with E-state index in [-0.39, 0.29) is 18.3 Å². The van der Waals surface area contributed by atoms with Crippen LogP contribution in [0.3, 0.4) is 0 Å². The third-order valence-electron chi connectivity index (χ3n) is 3.31. The summed E-state index contributed by atoms with van der Waals surface area (Å²) in [6, 6.07) is 6.49. The molecule has 1 aromatic rings. The van der Waals surface area contributed by atoms with Crippen LogP contribution >= 0.6 is 24.2 Å². The lowest BCUT2D eigenvalue weighted by Gasteiger charge is -2.09. The summed E-state index contributed by atoms with van der Waals surface area (Å²) < 4.78 is 24.3. The predicted octanol–water partition coefficient (Wildman–Crippen LogP) is 3.75. The van der Waals surface area contributed by atoms with Crippen LogP contribution < -0.4 is 10.6 Å². The van der Waals surface area contributed by atoms with Gasteiger partial charge in [-0.3, -0.25) is 4.79 Å². The summed E-state index contributed by atoms with van der Waals surface area (Å²) in [5, 5.41) is 6.06. The first-order valence-electron chi connectivity index (χ1n) is 6.69. The smallest absolute Gasteiger partial charge is 0.288 e. The van der Waals surface area contributed by atoms with Gasteiger partial charge in [0.05, 0.1) is 0 Å². The highest BCUT2D eigenvalue weighted by Gasteiger charge is 2.15. The molecule has 3 nitrogen and oxygen atoms in total. The van der Waals surface area contributed by atoms with E-state index < -0.39 is 5.76 Å². The molecule has 1 amide bonds. The molecule has 2 rings (SSSR count). The van der Waals surface area contributed by atoms with Crippen molar-refractivity contribution in [2.45, 2.75) is 29.9 Å². The van der Waals surface area contributed by atoms with Crippen molar-refractivity contribution in [2.75, 3.05) is 18.4 Å². The topological polar surface area (TPSA) is 41.1 Å². The molecule has 1 heterocycles. The quantitative estimate of drug-likeness (QED) is 0.777. The van der Waals surface area contributed by atoms with E-state index in [1.165, 1.54) is 0 Å². The summed E-state index contributed by atoms with van der Waals surface area (Å²) in [7, 11) is 0. The van der Waals surface area contributed by atoms with E-state index in [1.807, 2.05) is 0 Å². The van der Waals surface area contributed by atoms with Gasteiger partial charge in [0, 0.05) is 17.0 Å². The lowest BCUT2D eigenvalue weighted by Crippen LogP contribution is -2.14. The van der Waals surface area contributed by atoms with Gasteiger partial charge in [-0.25, -0.2) is 0 Å². The van der Waals surface area contributed by atoms with E-state index in [2.05, 4.69) is 10.6 Å². The maximum absolute atomic E-state index is 12.2. The van der Waals surface area contributed by atoms with E-state index in [9.17, 15) is 13.6 Å². The Kier molecular flexibility index (Phi) is 8.00. The number of hydrogen-bond donors (Lipinski definition) is 2. The summed E-state index contributed by atoms with van der Waals surface area (Å²) in [5.74, 6) is -1.85. The molecule has 7 heteroatoms. The zero-order valence-corrected chi connectivity index (χ0v) is 13.1. The average molecular weight is 337 g/mol. The number of rotatable bonds is 6. The summed E-state index contributed by atoms with van der Waals surface area (Å²) in [6.45, 7) is 2.03. The Balaban J connectivity index is 0.00000220. The molecular formula is C14H19ClF2N2OS. The summed E-state index contributed by atoms with van der Waals surface area (Å²) in [6.07, 6.45) is 2.52. The van der Waals surface area contributed by atoms with Crippen LogP contribution in [0.15, 0.2) is 29.2 Å². The summed E-state index contributed by atoms with van der Waals surface area (Å²) >= 11 is 0.500. The van der Waals surface area contributed by atoms with Crippen LogP contribution in [-0.2, 0) is 4.79 Å². The Labute approximate surface area is 133 Å². The minimum Gasteiger partial charge on any atom is -0.326 e. The molecular weight excluding hydrogens is 318 g/mol. The Morgan fingerprint density at radius 3 is 2.67 bits per heavy atom. The van der Waals surface area contributed by atoms with E-state index in [4.69, 9.17) is 0 Å². The normalized spacial score (nSPS) is 17.6. The number of amides is 1. The predicted molar refractivity (Wildman–Crippen MR) is 84.4 cm³/mol. The Hall–Kier alpha value is -0.850. The van der Waals surface area contributed by atoms with Crippen molar-refractivity contribution in [3.8, 4) is 0 Å². The van der Waals surface area contributed by atoms with Gasteiger partial charge in [0.25, 0.3) is 5.76 Å². The third kappa shape index (κ3) is 6.63. The van der Waals surface area contributed by atoms with Gasteiger partial charge in [-0.2, -0.15) is 8.78 Å². The van der Waals surface area contributed by atoms with Gasteiger partial charge in [-0.05, 0) is 56.1 Å². The highest BCUT2D eigenvalue weighted by molar-refractivity contribution is 7.99. The molecule has 0 aromatic heterocycles. The van der Waals surface area contributed by atoms with Crippen LogP contribution in [0.2, 0.25) is 0 Å². The number of carbonyl (C=O) groups is 1. The number of halogens is 3. The van der Waals surface area contributed by atoms with Crippen molar-refractivity contribution in [3.63, 3.8) is 0 Å². The zero-order valence-electron chi connectivity index (χ0n) is 11.5. The number of anilines is 1. The number of benzene rings is 1. The summed E-state index contributed by atoms with van der Waals surface area (Å²) in [5.41, 5.74) is 0.651. The van der Waals surface area contributed by atoms with Gasteiger partial charge in [-0.15, -0.1) is 12.4 Å². The Morgan fingerprint density at radius 1 is 1.38 bits per heavy atom. The highest BCUT2D eigenvalue weighted by Crippen LogP contribution is 2.26. The van der Waals surface area contributed by atoms with E-state index in [0.29, 0.717) is 34.7 Å². The first-order valence-corrected chi connectivity index (χ1v) is 7.57. The van der Waals surface area contributed by atoms with Crippen molar-refractivity contribution in [1.82, 2.24) is 5.32 Å². The molecule has 1 aliphatic rings. The van der Waals surface area contributed by atoms with Gasteiger partial charge in [-0.1, -0.05) is 11.8 Å². The van der Waals surface area contributed by atoms with Crippen molar-refractivity contribution >= 4 is 35.8 Å². The molecule has 0 aliphatic carbocycles. The Bertz CT molecular complexity index is 439. The fourth-order valence-electron chi connectivity index (χ4n) is 2.24. The number of hydrogen-bond acceptors (Lipinski definition) is 3. The van der Waals surface area contributed by atoms with Gasteiger partial charge in [0.1, 0.15) is 0 Å². The molecule has 1 fully saturated rings. The second-order valence-corrected chi connectivity index (χ2v) is 5.91. The van der Waals surface area contributed by atoms with Crippen LogP contribution in [0.25, 0.3) is 0 Å². The fourth-order valence-corrected chi connectivity index (χ4v) is 2.74. The largest absolute Gasteiger partial charge is 0.326 e. The summed E-state index contributed by atoms with van der Waals surface area (Å²) in [4.78, 5) is 12.3. The van der Waals surface area contributed by atoms with Crippen LogP contribution in [0.5, 0.6) is 0 Å². The standard InChI is InChI=1S/C14H18F2N2OS.ClH/c15-14(16)20-12-4-2-11(3-5-12)18-13(19)6-1-10-7-8-17-9-10;/h2-5,10,14,17H,1,6-9H2,(H,18,19);1H. The highest BCUT2D eigenvalue weighted by atomic mass is 35.5. The minimum absolute atomic E-state index is 0. The lowest BCUT2D eigenvalue weighted by molar-refractivity contribution is -0.116. The molecule has 2 N–H and O–H groups in total. The lowest BCUT2D eigenvalue weighted by atomic mass is 10.0. The monoisotopic (exact) mass is 336 g/mol. The molecule has 1 atom stereocenters. The van der Waals surface area contributed by atoms with Crippen molar-refractivity contribution in [3.05, 3.63) is 24.3 Å². The molecule has 0 bridgehead atoms. The zero-order chi connectivity index (χ0) is 14.4. The second kappa shape index (κ2) is 9.23. The van der Waals surface area contributed by atoms with Gasteiger partial charge >= 0.3 is 0 Å². The molecule has 0 saturated carbocycles. The van der Waals surface area contributed by atoms with Crippen LogP contribution in [0.1, 0.15) is 19.3 Å². The van der Waals surface area contributed by atoms with Crippen LogP contribution in [-0.4, -0.2) is 24.8 Å². The average Bonchev–Trinajstić information content (AvgIpc) is 2.91. The molecule has 0 radical (unpaired) electrons. The SMILES string of the molecule is Cl.O=C(CCC1CCNC1)Nc1ccc(SC(F)F)cc1. The fraction of sp³-hybridized carbons (Fsp3) is 0.500. The molecule has 1 aliphatic heterocycles. The molecule has 1 unspecified atom stereocenters. The van der Waals surface area contributed by atoms with Gasteiger partial charge < -0.3 is 10.6 Å². The maximum atomic E-state index is 12.2. The molecule has 1 saturated heterocycles. The molecule has 1 aromatic carbocycles. The number of alkyl halides is 2. The molecule has 0 spiro atoms. The van der Waals surface area contributed by atoms with Crippen molar-refractivity contribution in [1.29, 1.82) is 0 Å². The number of nitrogens with one attached hydrogen (secondary N) is 2. The van der Waals surface area contributed by atoms with E-state index >= 15 is 0 Å². The third-order valence-corrected chi connectivity index (χ3v) is 4.03. The maximum Gasteiger partial charge on any atom is 0.288 e.